The van der Waals surface area contributed by atoms with Crippen molar-refractivity contribution >= 4 is 6.01 Å². The minimum Gasteiger partial charge on any atom is -0.408 e. The molecule has 1 fully saturated rings. The minimum atomic E-state index is 0. The largest absolute Gasteiger partial charge is 2.00 e. The third kappa shape index (κ3) is 4.68. The Labute approximate surface area is 161 Å². The predicted octanol–water partition coefficient (Wildman–Crippen LogP) is 3.26. The second-order valence-corrected chi connectivity index (χ2v) is 5.83. The fourth-order valence-electron chi connectivity index (χ4n) is 2.31. The molecule has 4 aromatic rings. The van der Waals surface area contributed by atoms with Gasteiger partial charge in [0.1, 0.15) is 0 Å². The van der Waals surface area contributed by atoms with Gasteiger partial charge in [0, 0.05) is 5.92 Å². The van der Waals surface area contributed by atoms with Crippen molar-refractivity contribution in [2.24, 2.45) is 0 Å². The summed E-state index contributed by atoms with van der Waals surface area (Å²) in [6.07, 6.45) is 4.17. The molecule has 1 N–H and O–H groups in total. The Bertz CT molecular complexity index is 860. The summed E-state index contributed by atoms with van der Waals surface area (Å²) >= 11 is 0. The van der Waals surface area contributed by atoms with Crippen molar-refractivity contribution < 1.29 is 21.5 Å². The van der Waals surface area contributed by atoms with E-state index in [1.54, 1.807) is 4.68 Å². The maximum atomic E-state index is 5.52. The Morgan fingerprint density at radius 2 is 1.88 bits per heavy atom. The van der Waals surface area contributed by atoms with Gasteiger partial charge in [-0.1, -0.05) is 10.3 Å². The van der Waals surface area contributed by atoms with Gasteiger partial charge in [-0.2, -0.15) is 30.3 Å². The monoisotopic (exact) mass is 390 g/mol. The van der Waals surface area contributed by atoms with Crippen molar-refractivity contribution in [1.29, 1.82) is 0 Å². The Balaban J connectivity index is 0.000000285. The number of rotatable bonds is 5. The van der Waals surface area contributed by atoms with Crippen molar-refractivity contribution in [2.75, 3.05) is 5.32 Å². The Kier molecular flexibility index (Phi) is 5.99. The molecule has 8 heteroatoms. The smallest absolute Gasteiger partial charge is 0.408 e. The summed E-state index contributed by atoms with van der Waals surface area (Å²) in [5.74, 6) is 1.20. The van der Waals surface area contributed by atoms with Crippen LogP contribution in [0.15, 0.2) is 65.2 Å². The first kappa shape index (κ1) is 18.1. The molecule has 0 unspecified atom stereocenters. The van der Waals surface area contributed by atoms with E-state index in [0.29, 0.717) is 18.5 Å². The van der Waals surface area contributed by atoms with Crippen molar-refractivity contribution in [3.63, 3.8) is 0 Å². The topological polar surface area (TPSA) is 81.7 Å². The maximum Gasteiger partial charge on any atom is 2.00 e. The second-order valence-electron chi connectivity index (χ2n) is 5.83. The van der Waals surface area contributed by atoms with Gasteiger partial charge >= 0.3 is 23.1 Å². The average Bonchev–Trinajstić information content (AvgIpc) is 3.22. The van der Waals surface area contributed by atoms with Crippen LogP contribution in [0, 0.1) is 0 Å². The molecule has 0 spiro atoms. The molecule has 0 radical (unpaired) electrons. The SMILES string of the molecule is [Fe+2].c1cc[c-](-n2cc(CNc3nnc(C4CC4)o3)nn2)c1.c1cc[cH-]c1. The number of nitrogens with zero attached hydrogens (tertiary/aromatic N) is 5. The summed E-state index contributed by atoms with van der Waals surface area (Å²) < 4.78 is 7.26. The third-order valence-electron chi connectivity index (χ3n) is 3.79. The van der Waals surface area contributed by atoms with Crippen molar-refractivity contribution in [3.05, 3.63) is 72.4 Å². The Morgan fingerprint density at radius 3 is 2.54 bits per heavy atom. The zero-order valence-electron chi connectivity index (χ0n) is 14.0. The van der Waals surface area contributed by atoms with Gasteiger partial charge in [0.05, 0.1) is 12.2 Å². The first-order valence-corrected chi connectivity index (χ1v) is 8.26. The van der Waals surface area contributed by atoms with Crippen LogP contribution >= 0.6 is 0 Å². The van der Waals surface area contributed by atoms with Crippen LogP contribution in [-0.2, 0) is 23.6 Å². The van der Waals surface area contributed by atoms with E-state index in [0.717, 1.165) is 30.1 Å². The Morgan fingerprint density at radius 1 is 1.12 bits per heavy atom. The van der Waals surface area contributed by atoms with Crippen LogP contribution in [0.1, 0.15) is 30.3 Å². The number of hydrogen-bond acceptors (Lipinski definition) is 6. The van der Waals surface area contributed by atoms with E-state index in [1.807, 2.05) is 60.8 Å². The number of nitrogens with one attached hydrogen (secondary N) is 1. The van der Waals surface area contributed by atoms with E-state index in [2.05, 4.69) is 25.8 Å². The van der Waals surface area contributed by atoms with Crippen LogP contribution in [0.5, 0.6) is 0 Å². The fourth-order valence-corrected chi connectivity index (χ4v) is 2.31. The summed E-state index contributed by atoms with van der Waals surface area (Å²) in [5, 5.41) is 19.2. The van der Waals surface area contributed by atoms with Gasteiger partial charge in [-0.05, 0) is 24.7 Å². The maximum absolute atomic E-state index is 5.52. The standard InChI is InChI=1S/C13H13N6O.C5H5.Fe/c1-2-4-11(3-1)19-8-10(15-18-19)7-14-13-17-16-12(20-13)9-5-6-9;1-2-4-5-3-1;/h1-4,8-9H,5-7H2,(H,14,17);1-5H;/q2*-1;+2. The Hall–Kier alpha value is -2.70. The van der Waals surface area contributed by atoms with Gasteiger partial charge in [-0.25, -0.2) is 12.1 Å². The molecular weight excluding hydrogens is 372 g/mol. The molecule has 0 bridgehead atoms. The van der Waals surface area contributed by atoms with E-state index < -0.39 is 0 Å². The zero-order valence-corrected chi connectivity index (χ0v) is 15.1. The summed E-state index contributed by atoms with van der Waals surface area (Å²) in [6, 6.07) is 18.3. The molecule has 2 heterocycles. The van der Waals surface area contributed by atoms with Gasteiger partial charge in [0.2, 0.25) is 5.89 Å². The molecule has 134 valence electrons. The summed E-state index contributed by atoms with van der Waals surface area (Å²) in [4.78, 5) is 0. The molecule has 0 saturated heterocycles. The van der Waals surface area contributed by atoms with Crippen LogP contribution in [-0.4, -0.2) is 25.2 Å². The van der Waals surface area contributed by atoms with E-state index in [9.17, 15) is 0 Å². The van der Waals surface area contributed by atoms with Gasteiger partial charge in [-0.3, -0.25) is 4.68 Å². The van der Waals surface area contributed by atoms with Gasteiger partial charge in [0.15, 0.2) is 0 Å². The van der Waals surface area contributed by atoms with Crippen LogP contribution in [0.3, 0.4) is 0 Å². The number of aromatic nitrogens is 5. The first-order valence-electron chi connectivity index (χ1n) is 8.26. The zero-order chi connectivity index (χ0) is 16.9. The molecule has 5 rings (SSSR count). The molecular formula is C18H18FeN6O. The molecule has 1 aliphatic rings. The van der Waals surface area contributed by atoms with Crippen LogP contribution in [0.2, 0.25) is 0 Å². The van der Waals surface area contributed by atoms with E-state index >= 15 is 0 Å². The second kappa shape index (κ2) is 8.60. The first-order chi connectivity index (χ1) is 12.4. The molecule has 26 heavy (non-hydrogen) atoms. The average molecular weight is 390 g/mol. The molecule has 2 aromatic carbocycles. The van der Waals surface area contributed by atoms with E-state index in [-0.39, 0.29) is 17.1 Å². The van der Waals surface area contributed by atoms with Crippen molar-refractivity contribution in [2.45, 2.75) is 25.3 Å². The van der Waals surface area contributed by atoms with Crippen molar-refractivity contribution in [1.82, 2.24) is 25.2 Å². The van der Waals surface area contributed by atoms with Gasteiger partial charge in [0.25, 0.3) is 0 Å². The molecule has 0 amide bonds. The van der Waals surface area contributed by atoms with E-state index in [1.165, 1.54) is 0 Å². The van der Waals surface area contributed by atoms with Crippen LogP contribution in [0.25, 0.3) is 5.69 Å². The van der Waals surface area contributed by atoms with Crippen LogP contribution in [0.4, 0.5) is 6.01 Å². The summed E-state index contributed by atoms with van der Waals surface area (Å²) in [7, 11) is 0. The molecule has 1 saturated carbocycles. The summed E-state index contributed by atoms with van der Waals surface area (Å²) in [5.41, 5.74) is 1.81. The third-order valence-corrected chi connectivity index (χ3v) is 3.79. The number of hydrogen-bond donors (Lipinski definition) is 1. The quantitative estimate of drug-likeness (QED) is 0.416. The normalized spacial score (nSPS) is 12.8. The summed E-state index contributed by atoms with van der Waals surface area (Å²) in [6.45, 7) is 0.507. The molecule has 7 nitrogen and oxygen atoms in total. The van der Waals surface area contributed by atoms with Crippen molar-refractivity contribution in [3.8, 4) is 5.69 Å². The fraction of sp³-hybridized carbons (Fsp3) is 0.222. The minimum absolute atomic E-state index is 0. The van der Waals surface area contributed by atoms with Gasteiger partial charge in [-0.15, -0.1) is 22.3 Å². The number of anilines is 1. The predicted molar refractivity (Wildman–Crippen MR) is 92.6 cm³/mol. The molecule has 0 aliphatic heterocycles. The van der Waals surface area contributed by atoms with Crippen LogP contribution < -0.4 is 5.32 Å². The van der Waals surface area contributed by atoms with E-state index in [4.69, 9.17) is 4.42 Å². The molecule has 1 aliphatic carbocycles. The van der Waals surface area contributed by atoms with Gasteiger partial charge < -0.3 is 9.73 Å². The molecule has 2 aromatic heterocycles. The molecule has 0 atom stereocenters.